The maximum absolute atomic E-state index is 13.5. The van der Waals surface area contributed by atoms with Crippen LogP contribution in [0.5, 0.6) is 0 Å². The van der Waals surface area contributed by atoms with Crippen molar-refractivity contribution in [3.05, 3.63) is 58.3 Å². The van der Waals surface area contributed by atoms with Gasteiger partial charge in [0, 0.05) is 13.1 Å². The smallest absolute Gasteiger partial charge is 0.417 e. The first-order valence-electron chi connectivity index (χ1n) is 9.78. The molecule has 2 aromatic rings. The van der Waals surface area contributed by atoms with Crippen LogP contribution >= 0.6 is 0 Å². The van der Waals surface area contributed by atoms with Crippen molar-refractivity contribution in [1.82, 2.24) is 10.2 Å². The molecule has 0 radical (unpaired) electrons. The summed E-state index contributed by atoms with van der Waals surface area (Å²) in [7, 11) is 0. The maximum Gasteiger partial charge on any atom is 0.417 e. The second kappa shape index (κ2) is 7.77. The summed E-state index contributed by atoms with van der Waals surface area (Å²) in [6, 6.07) is 3.44. The first kappa shape index (κ1) is 20.4. The van der Waals surface area contributed by atoms with Crippen LogP contribution in [0, 0.1) is 11.7 Å². The fourth-order valence-corrected chi connectivity index (χ4v) is 3.60. The van der Waals surface area contributed by atoms with E-state index in [-0.39, 0.29) is 24.8 Å². The molecule has 1 aliphatic heterocycles. The first-order chi connectivity index (χ1) is 14.2. The summed E-state index contributed by atoms with van der Waals surface area (Å²) in [5.74, 6) is -1.06. The van der Waals surface area contributed by atoms with Gasteiger partial charge in [-0.05, 0) is 48.6 Å². The molecule has 0 spiro atoms. The van der Waals surface area contributed by atoms with E-state index in [2.05, 4.69) is 5.32 Å². The van der Waals surface area contributed by atoms with Gasteiger partial charge in [-0.2, -0.15) is 13.2 Å². The minimum atomic E-state index is -4.78. The molecule has 2 heterocycles. The van der Waals surface area contributed by atoms with Crippen molar-refractivity contribution in [1.29, 1.82) is 0 Å². The highest BCUT2D eigenvalue weighted by atomic mass is 19.4. The molecule has 160 valence electrons. The summed E-state index contributed by atoms with van der Waals surface area (Å²) in [5.41, 5.74) is -1.19. The molecular formula is C21H20F4N2O3. The number of amides is 2. The van der Waals surface area contributed by atoms with Crippen LogP contribution in [-0.2, 0) is 19.1 Å². The van der Waals surface area contributed by atoms with E-state index in [0.717, 1.165) is 12.0 Å². The quantitative estimate of drug-likeness (QED) is 0.733. The summed E-state index contributed by atoms with van der Waals surface area (Å²) in [4.78, 5) is 26.1. The lowest BCUT2D eigenvalue weighted by Crippen LogP contribution is -2.36. The van der Waals surface area contributed by atoms with E-state index in [9.17, 15) is 27.2 Å². The van der Waals surface area contributed by atoms with Gasteiger partial charge in [-0.25, -0.2) is 4.39 Å². The Kier molecular flexibility index (Phi) is 5.29. The molecule has 9 heteroatoms. The molecular weight excluding hydrogens is 404 g/mol. The first-order valence-corrected chi connectivity index (χ1v) is 9.78. The lowest BCUT2D eigenvalue weighted by Gasteiger charge is -2.27. The Bertz CT molecular complexity index is 979. The number of alkyl halides is 3. The van der Waals surface area contributed by atoms with Crippen molar-refractivity contribution in [2.75, 3.05) is 13.1 Å². The van der Waals surface area contributed by atoms with E-state index in [4.69, 9.17) is 4.42 Å². The monoisotopic (exact) mass is 424 g/mol. The molecule has 5 nitrogen and oxygen atoms in total. The van der Waals surface area contributed by atoms with Crippen LogP contribution in [0.15, 0.2) is 28.7 Å². The van der Waals surface area contributed by atoms with Crippen LogP contribution in [0.2, 0.25) is 0 Å². The molecule has 2 amide bonds. The van der Waals surface area contributed by atoms with Crippen LogP contribution in [0.3, 0.4) is 0 Å². The largest absolute Gasteiger partial charge is 0.454 e. The second-order valence-corrected chi connectivity index (χ2v) is 7.71. The minimum Gasteiger partial charge on any atom is -0.454 e. The van der Waals surface area contributed by atoms with Crippen LogP contribution in [0.4, 0.5) is 17.6 Å². The molecule has 1 N–H and O–H groups in total. The third-order valence-electron chi connectivity index (χ3n) is 5.45. The summed E-state index contributed by atoms with van der Waals surface area (Å²) < 4.78 is 58.8. The lowest BCUT2D eigenvalue weighted by molar-refractivity contribution is -0.138. The van der Waals surface area contributed by atoms with Gasteiger partial charge in [0.25, 0.3) is 11.8 Å². The zero-order valence-electron chi connectivity index (χ0n) is 16.0. The van der Waals surface area contributed by atoms with Crippen molar-refractivity contribution < 1.29 is 31.6 Å². The molecule has 1 aliphatic carbocycles. The zero-order valence-corrected chi connectivity index (χ0v) is 16.0. The third kappa shape index (κ3) is 4.34. The van der Waals surface area contributed by atoms with Crippen molar-refractivity contribution in [3.63, 3.8) is 0 Å². The Morgan fingerprint density at radius 3 is 2.67 bits per heavy atom. The molecule has 1 aromatic carbocycles. The average Bonchev–Trinajstić information content (AvgIpc) is 3.41. The average molecular weight is 424 g/mol. The molecule has 2 aliphatic rings. The molecule has 1 saturated carbocycles. The van der Waals surface area contributed by atoms with Gasteiger partial charge in [0.2, 0.25) is 0 Å². The Morgan fingerprint density at radius 2 is 1.97 bits per heavy atom. The van der Waals surface area contributed by atoms with Gasteiger partial charge >= 0.3 is 6.18 Å². The van der Waals surface area contributed by atoms with E-state index >= 15 is 0 Å². The van der Waals surface area contributed by atoms with Crippen molar-refractivity contribution >= 4 is 11.8 Å². The van der Waals surface area contributed by atoms with Crippen molar-refractivity contribution in [2.45, 2.75) is 38.4 Å². The molecule has 30 heavy (non-hydrogen) atoms. The lowest BCUT2D eigenvalue weighted by atomic mass is 10.0. The predicted molar refractivity (Wildman–Crippen MR) is 98.2 cm³/mol. The van der Waals surface area contributed by atoms with Crippen LogP contribution < -0.4 is 5.32 Å². The Morgan fingerprint density at radius 1 is 1.20 bits per heavy atom. The number of carbonyl (C=O) groups excluding carboxylic acids is 2. The Labute approximate surface area is 170 Å². The molecule has 0 unspecified atom stereocenters. The van der Waals surface area contributed by atoms with Gasteiger partial charge < -0.3 is 14.6 Å². The zero-order chi connectivity index (χ0) is 21.5. The topological polar surface area (TPSA) is 62.6 Å². The van der Waals surface area contributed by atoms with E-state index in [1.54, 1.807) is 6.07 Å². The maximum atomic E-state index is 13.5. The van der Waals surface area contributed by atoms with Crippen LogP contribution in [0.1, 0.15) is 57.1 Å². The fraction of sp³-hybridized carbons (Fsp3) is 0.429. The van der Waals surface area contributed by atoms with Crippen LogP contribution in [-0.4, -0.2) is 29.8 Å². The molecule has 1 fully saturated rings. The molecule has 0 saturated heterocycles. The number of hydrogen-bond donors (Lipinski definition) is 1. The van der Waals surface area contributed by atoms with E-state index in [0.29, 0.717) is 42.8 Å². The summed E-state index contributed by atoms with van der Waals surface area (Å²) in [5, 5.41) is 2.79. The van der Waals surface area contributed by atoms with Gasteiger partial charge in [0.1, 0.15) is 11.6 Å². The second-order valence-electron chi connectivity index (χ2n) is 7.71. The number of hydrogen-bond acceptors (Lipinski definition) is 3. The number of fused-ring (bicyclic) bond motifs is 1. The SMILES string of the molecule is O=C(NCCC1CC1)c1cc2c(o1)CN(C(=O)c1cc(F)ccc1C(F)(F)F)CC2. The van der Waals surface area contributed by atoms with E-state index < -0.39 is 29.0 Å². The minimum absolute atomic E-state index is 0.0860. The summed E-state index contributed by atoms with van der Waals surface area (Å²) >= 11 is 0. The number of nitrogens with one attached hydrogen (secondary N) is 1. The Hall–Kier alpha value is -2.84. The van der Waals surface area contributed by atoms with E-state index in [1.165, 1.54) is 17.7 Å². The predicted octanol–water partition coefficient (Wildman–Crippen LogP) is 4.17. The summed E-state index contributed by atoms with van der Waals surface area (Å²) in [6.45, 7) is 0.610. The molecule has 0 bridgehead atoms. The van der Waals surface area contributed by atoms with Gasteiger partial charge in [-0.15, -0.1) is 0 Å². The van der Waals surface area contributed by atoms with Crippen molar-refractivity contribution in [3.8, 4) is 0 Å². The van der Waals surface area contributed by atoms with Gasteiger partial charge in [-0.1, -0.05) is 12.8 Å². The van der Waals surface area contributed by atoms with Gasteiger partial charge in [0.15, 0.2) is 5.76 Å². The van der Waals surface area contributed by atoms with Gasteiger partial charge in [-0.3, -0.25) is 9.59 Å². The highest BCUT2D eigenvalue weighted by molar-refractivity contribution is 5.96. The number of benzene rings is 1. The van der Waals surface area contributed by atoms with Crippen molar-refractivity contribution in [2.24, 2.45) is 5.92 Å². The fourth-order valence-electron chi connectivity index (χ4n) is 3.60. The van der Waals surface area contributed by atoms with Gasteiger partial charge in [0.05, 0.1) is 17.7 Å². The molecule has 1 aromatic heterocycles. The number of rotatable bonds is 5. The number of carbonyl (C=O) groups is 2. The molecule has 0 atom stereocenters. The highest BCUT2D eigenvalue weighted by Gasteiger charge is 2.37. The number of nitrogens with zero attached hydrogens (tertiary/aromatic N) is 1. The highest BCUT2D eigenvalue weighted by Crippen LogP contribution is 2.34. The standard InChI is InChI=1S/C21H20F4N2O3/c22-14-3-4-16(21(23,24)25)15(10-14)20(29)27-8-6-13-9-17(30-18(13)11-27)19(28)26-7-5-12-1-2-12/h3-4,9-10,12H,1-2,5-8,11H2,(H,26,28). The van der Waals surface area contributed by atoms with Crippen LogP contribution in [0.25, 0.3) is 0 Å². The summed E-state index contributed by atoms with van der Waals surface area (Å²) in [6.07, 6.45) is -1.15. The Balaban J connectivity index is 1.48. The normalized spacial score (nSPS) is 16.3. The van der Waals surface area contributed by atoms with E-state index in [1.807, 2.05) is 0 Å². The third-order valence-corrected chi connectivity index (χ3v) is 5.45. The number of furan rings is 1. The molecule has 4 rings (SSSR count). The number of halogens is 4.